The zero-order chi connectivity index (χ0) is 13.2. The Bertz CT molecular complexity index is 598. The number of anilines is 1. The third-order valence-corrected chi connectivity index (χ3v) is 3.33. The van der Waals surface area contributed by atoms with E-state index in [0.717, 1.165) is 35.7 Å². The number of aryl methyl sites for hydroxylation is 1. The monoisotopic (exact) mass is 255 g/mol. The van der Waals surface area contributed by atoms with Crippen LogP contribution in [0.1, 0.15) is 36.3 Å². The molecule has 0 amide bonds. The molecule has 1 aromatic carbocycles. The minimum Gasteiger partial charge on any atom is -0.492 e. The molecule has 2 aromatic rings. The number of benzene rings is 1. The first-order valence-corrected chi connectivity index (χ1v) is 6.63. The minimum absolute atomic E-state index is 0.0929. The van der Waals surface area contributed by atoms with Gasteiger partial charge in [-0.25, -0.2) is 9.97 Å². The maximum absolute atomic E-state index is 5.89. The predicted molar refractivity (Wildman–Crippen MR) is 74.2 cm³/mol. The summed E-state index contributed by atoms with van der Waals surface area (Å²) >= 11 is 0. The van der Waals surface area contributed by atoms with Gasteiger partial charge in [0.1, 0.15) is 24.0 Å². The number of hydrogen-bond donors (Lipinski definition) is 1. The van der Waals surface area contributed by atoms with Crippen LogP contribution in [0.5, 0.6) is 5.75 Å². The van der Waals surface area contributed by atoms with Crippen molar-refractivity contribution in [2.24, 2.45) is 0 Å². The number of rotatable bonds is 3. The molecule has 0 aliphatic carbocycles. The fraction of sp³-hybridized carbons (Fsp3) is 0.333. The molecule has 19 heavy (non-hydrogen) atoms. The first-order valence-electron chi connectivity index (χ1n) is 6.63. The topological polar surface area (TPSA) is 61.0 Å². The summed E-state index contributed by atoms with van der Waals surface area (Å²) in [6.07, 6.45) is 1.97. The van der Waals surface area contributed by atoms with E-state index in [-0.39, 0.29) is 5.92 Å². The van der Waals surface area contributed by atoms with Crippen LogP contribution in [0.3, 0.4) is 0 Å². The smallest absolute Gasteiger partial charge is 0.142 e. The van der Waals surface area contributed by atoms with Crippen LogP contribution in [-0.4, -0.2) is 16.6 Å². The molecule has 1 aliphatic heterocycles. The summed E-state index contributed by atoms with van der Waals surface area (Å²) in [4.78, 5) is 9.02. The Morgan fingerprint density at radius 1 is 1.32 bits per heavy atom. The summed E-state index contributed by atoms with van der Waals surface area (Å²) in [6.45, 7) is 2.72. The second-order valence-corrected chi connectivity index (χ2v) is 4.79. The number of para-hydroxylation sites is 1. The van der Waals surface area contributed by atoms with E-state index in [1.165, 1.54) is 0 Å². The van der Waals surface area contributed by atoms with Crippen molar-refractivity contribution in [1.29, 1.82) is 0 Å². The fourth-order valence-corrected chi connectivity index (χ4v) is 2.46. The zero-order valence-electron chi connectivity index (χ0n) is 11.0. The van der Waals surface area contributed by atoms with E-state index < -0.39 is 0 Å². The Hall–Kier alpha value is -2.10. The van der Waals surface area contributed by atoms with E-state index in [1.54, 1.807) is 0 Å². The van der Waals surface area contributed by atoms with E-state index in [2.05, 4.69) is 23.0 Å². The molecule has 0 saturated carbocycles. The lowest BCUT2D eigenvalue weighted by Crippen LogP contribution is -2.11. The van der Waals surface area contributed by atoms with E-state index >= 15 is 0 Å². The van der Waals surface area contributed by atoms with Crippen LogP contribution >= 0.6 is 0 Å². The predicted octanol–water partition coefficient (Wildman–Crippen LogP) is 2.54. The Morgan fingerprint density at radius 3 is 3.00 bits per heavy atom. The standard InChI is InChI=1S/C15H17N3O/c1-2-5-10-8-14(16)18-15(17-10)12-9-19-13-7-4-3-6-11(12)13/h3-4,6-8,12H,2,5,9H2,1H3,(H2,16,17,18). The van der Waals surface area contributed by atoms with Gasteiger partial charge in [-0.05, 0) is 12.5 Å². The van der Waals surface area contributed by atoms with Gasteiger partial charge < -0.3 is 10.5 Å². The van der Waals surface area contributed by atoms with Gasteiger partial charge in [0.05, 0.1) is 5.92 Å². The van der Waals surface area contributed by atoms with Crippen LogP contribution in [0.4, 0.5) is 5.82 Å². The molecule has 3 rings (SSSR count). The van der Waals surface area contributed by atoms with Crippen LogP contribution in [0, 0.1) is 0 Å². The first-order chi connectivity index (χ1) is 9.28. The third kappa shape index (κ3) is 2.26. The molecule has 2 heterocycles. The van der Waals surface area contributed by atoms with Crippen molar-refractivity contribution < 1.29 is 4.74 Å². The van der Waals surface area contributed by atoms with E-state index in [4.69, 9.17) is 10.5 Å². The molecule has 2 N–H and O–H groups in total. The highest BCUT2D eigenvalue weighted by Crippen LogP contribution is 2.36. The molecular formula is C15H17N3O. The lowest BCUT2D eigenvalue weighted by atomic mass is 10.0. The Labute approximate surface area is 112 Å². The second-order valence-electron chi connectivity index (χ2n) is 4.79. The summed E-state index contributed by atoms with van der Waals surface area (Å²) in [5.41, 5.74) is 8.04. The van der Waals surface area contributed by atoms with E-state index in [0.29, 0.717) is 12.4 Å². The number of hydrogen-bond acceptors (Lipinski definition) is 4. The van der Waals surface area contributed by atoms with Crippen LogP contribution in [0.25, 0.3) is 0 Å². The van der Waals surface area contributed by atoms with E-state index in [9.17, 15) is 0 Å². The molecule has 0 bridgehead atoms. The van der Waals surface area contributed by atoms with Gasteiger partial charge in [-0.2, -0.15) is 0 Å². The van der Waals surface area contributed by atoms with Gasteiger partial charge in [0.15, 0.2) is 0 Å². The Kier molecular flexibility index (Phi) is 3.07. The van der Waals surface area contributed by atoms with Crippen LogP contribution in [0.15, 0.2) is 30.3 Å². The highest BCUT2D eigenvalue weighted by atomic mass is 16.5. The average molecular weight is 255 g/mol. The normalized spacial score (nSPS) is 17.0. The number of nitrogens with two attached hydrogens (primary N) is 1. The molecule has 4 heteroatoms. The molecule has 98 valence electrons. The highest BCUT2D eigenvalue weighted by molar-refractivity contribution is 5.44. The highest BCUT2D eigenvalue weighted by Gasteiger charge is 2.27. The summed E-state index contributed by atoms with van der Waals surface area (Å²) in [5, 5.41) is 0. The van der Waals surface area contributed by atoms with Crippen molar-refractivity contribution in [2.75, 3.05) is 12.3 Å². The minimum atomic E-state index is 0.0929. The largest absolute Gasteiger partial charge is 0.492 e. The van der Waals surface area contributed by atoms with E-state index in [1.807, 2.05) is 24.3 Å². The van der Waals surface area contributed by atoms with Crippen molar-refractivity contribution in [3.8, 4) is 5.75 Å². The molecule has 0 saturated heterocycles. The molecule has 1 aliphatic rings. The van der Waals surface area contributed by atoms with Gasteiger partial charge in [-0.1, -0.05) is 31.5 Å². The number of nitrogens with zero attached hydrogens (tertiary/aromatic N) is 2. The molecular weight excluding hydrogens is 238 g/mol. The molecule has 0 radical (unpaired) electrons. The average Bonchev–Trinajstić information content (AvgIpc) is 2.82. The summed E-state index contributed by atoms with van der Waals surface area (Å²) in [7, 11) is 0. The summed E-state index contributed by atoms with van der Waals surface area (Å²) in [6, 6.07) is 9.89. The lowest BCUT2D eigenvalue weighted by Gasteiger charge is -2.10. The number of fused-ring (bicyclic) bond motifs is 1. The number of aromatic nitrogens is 2. The lowest BCUT2D eigenvalue weighted by molar-refractivity contribution is 0.339. The maximum Gasteiger partial charge on any atom is 0.142 e. The van der Waals surface area contributed by atoms with Gasteiger partial charge in [0, 0.05) is 17.3 Å². The van der Waals surface area contributed by atoms with Crippen LogP contribution in [0.2, 0.25) is 0 Å². The van der Waals surface area contributed by atoms with Gasteiger partial charge in [-0.3, -0.25) is 0 Å². The van der Waals surface area contributed by atoms with Crippen molar-refractivity contribution in [2.45, 2.75) is 25.7 Å². The molecule has 0 fully saturated rings. The van der Waals surface area contributed by atoms with Gasteiger partial charge in [0.25, 0.3) is 0 Å². The summed E-state index contributed by atoms with van der Waals surface area (Å²) in [5.74, 6) is 2.33. The van der Waals surface area contributed by atoms with Gasteiger partial charge >= 0.3 is 0 Å². The van der Waals surface area contributed by atoms with Gasteiger partial charge in [0.2, 0.25) is 0 Å². The molecule has 0 spiro atoms. The quantitative estimate of drug-likeness (QED) is 0.915. The van der Waals surface area contributed by atoms with Gasteiger partial charge in [-0.15, -0.1) is 0 Å². The second kappa shape index (κ2) is 4.88. The molecule has 1 atom stereocenters. The zero-order valence-corrected chi connectivity index (χ0v) is 11.0. The van der Waals surface area contributed by atoms with Crippen molar-refractivity contribution >= 4 is 5.82 Å². The first kappa shape index (κ1) is 12.0. The Morgan fingerprint density at radius 2 is 2.16 bits per heavy atom. The maximum atomic E-state index is 5.89. The SMILES string of the molecule is CCCc1cc(N)nc(C2COc3ccccc32)n1. The van der Waals surface area contributed by atoms with Crippen molar-refractivity contribution in [1.82, 2.24) is 9.97 Å². The van der Waals surface area contributed by atoms with Crippen LogP contribution in [-0.2, 0) is 6.42 Å². The van der Waals surface area contributed by atoms with Crippen LogP contribution < -0.4 is 10.5 Å². The number of nitrogen functional groups attached to an aromatic ring is 1. The molecule has 4 nitrogen and oxygen atoms in total. The number of ether oxygens (including phenoxy) is 1. The Balaban J connectivity index is 1.99. The molecule has 1 unspecified atom stereocenters. The fourth-order valence-electron chi connectivity index (χ4n) is 2.46. The third-order valence-electron chi connectivity index (χ3n) is 3.33. The molecule has 1 aromatic heterocycles. The summed E-state index contributed by atoms with van der Waals surface area (Å²) < 4.78 is 5.68. The van der Waals surface area contributed by atoms with Crippen molar-refractivity contribution in [3.05, 3.63) is 47.4 Å². The van der Waals surface area contributed by atoms with Crippen molar-refractivity contribution in [3.63, 3.8) is 0 Å².